The topological polar surface area (TPSA) is 3.24 Å². The lowest BCUT2D eigenvalue weighted by Gasteiger charge is -2.35. The van der Waals surface area contributed by atoms with Gasteiger partial charge in [0.1, 0.15) is 5.82 Å². The highest BCUT2D eigenvalue weighted by Gasteiger charge is 2.19. The molecule has 0 aliphatic carbocycles. The maximum absolute atomic E-state index is 13.3. The van der Waals surface area contributed by atoms with Crippen LogP contribution in [0.3, 0.4) is 0 Å². The molecule has 82 valence electrons. The molecule has 3 heteroatoms. The van der Waals surface area contributed by atoms with E-state index in [0.29, 0.717) is 6.04 Å². The third-order valence-electron chi connectivity index (χ3n) is 3.04. The normalized spacial score (nSPS) is 21.8. The van der Waals surface area contributed by atoms with Crippen LogP contribution in [0.15, 0.2) is 18.2 Å². The Balaban J connectivity index is 2.24. The maximum Gasteiger partial charge on any atom is 0.143 e. The van der Waals surface area contributed by atoms with Gasteiger partial charge >= 0.3 is 0 Å². The van der Waals surface area contributed by atoms with Crippen molar-refractivity contribution < 1.29 is 4.39 Å². The molecule has 2 rings (SSSR count). The fraction of sp³-hybridized carbons (Fsp3) is 0.500. The van der Waals surface area contributed by atoms with E-state index in [1.807, 2.05) is 6.07 Å². The fourth-order valence-electron chi connectivity index (χ4n) is 2.15. The van der Waals surface area contributed by atoms with E-state index in [1.165, 1.54) is 25.3 Å². The van der Waals surface area contributed by atoms with Crippen molar-refractivity contribution in [1.29, 1.82) is 0 Å². The average molecular weight is 228 g/mol. The Morgan fingerprint density at radius 2 is 2.20 bits per heavy atom. The molecule has 0 spiro atoms. The molecular formula is C12H15ClFN. The van der Waals surface area contributed by atoms with Crippen LogP contribution in [-0.4, -0.2) is 12.6 Å². The predicted molar refractivity (Wildman–Crippen MR) is 62.1 cm³/mol. The van der Waals surface area contributed by atoms with E-state index in [1.54, 1.807) is 6.07 Å². The number of piperidine rings is 1. The second-order valence-electron chi connectivity index (χ2n) is 4.14. The van der Waals surface area contributed by atoms with Crippen molar-refractivity contribution in [3.05, 3.63) is 29.0 Å². The van der Waals surface area contributed by atoms with E-state index in [4.69, 9.17) is 11.6 Å². The van der Waals surface area contributed by atoms with Crippen LogP contribution in [0.1, 0.15) is 26.2 Å². The van der Waals surface area contributed by atoms with Crippen molar-refractivity contribution in [3.63, 3.8) is 0 Å². The number of benzene rings is 1. The molecule has 0 saturated carbocycles. The zero-order chi connectivity index (χ0) is 10.8. The van der Waals surface area contributed by atoms with Crippen LogP contribution in [0.25, 0.3) is 0 Å². The van der Waals surface area contributed by atoms with Gasteiger partial charge in [0, 0.05) is 18.3 Å². The van der Waals surface area contributed by atoms with Crippen molar-refractivity contribution >= 4 is 17.3 Å². The van der Waals surface area contributed by atoms with Crippen LogP contribution < -0.4 is 4.90 Å². The van der Waals surface area contributed by atoms with E-state index >= 15 is 0 Å². The van der Waals surface area contributed by atoms with Crippen LogP contribution in [0.2, 0.25) is 5.02 Å². The lowest BCUT2D eigenvalue weighted by atomic mass is 10.0. The van der Waals surface area contributed by atoms with Crippen LogP contribution >= 0.6 is 11.6 Å². The standard InChI is InChI=1S/C12H15ClFN/c1-9-4-2-3-7-15(9)10-5-6-11(13)12(14)8-10/h5-6,8-9H,2-4,7H2,1H3/t9-/m1/s1. The van der Waals surface area contributed by atoms with Gasteiger partial charge in [0.05, 0.1) is 5.02 Å². The summed E-state index contributed by atoms with van der Waals surface area (Å²) in [5.74, 6) is -0.327. The van der Waals surface area contributed by atoms with E-state index in [9.17, 15) is 4.39 Å². The molecule has 1 saturated heterocycles. The summed E-state index contributed by atoms with van der Waals surface area (Å²) < 4.78 is 13.3. The summed E-state index contributed by atoms with van der Waals surface area (Å²) in [4.78, 5) is 2.25. The minimum absolute atomic E-state index is 0.198. The van der Waals surface area contributed by atoms with E-state index in [-0.39, 0.29) is 10.8 Å². The number of anilines is 1. The Bertz CT molecular complexity index is 353. The molecule has 0 bridgehead atoms. The molecule has 15 heavy (non-hydrogen) atoms. The summed E-state index contributed by atoms with van der Waals surface area (Å²) >= 11 is 5.66. The first-order valence-corrected chi connectivity index (χ1v) is 5.78. The van der Waals surface area contributed by atoms with Gasteiger partial charge in [-0.1, -0.05) is 11.6 Å². The lowest BCUT2D eigenvalue weighted by molar-refractivity contribution is 0.484. The number of hydrogen-bond donors (Lipinski definition) is 0. The van der Waals surface area contributed by atoms with Crippen LogP contribution in [0.5, 0.6) is 0 Å². The Hall–Kier alpha value is -0.760. The fourth-order valence-corrected chi connectivity index (χ4v) is 2.26. The van der Waals surface area contributed by atoms with Crippen LogP contribution in [-0.2, 0) is 0 Å². The van der Waals surface area contributed by atoms with Crippen molar-refractivity contribution in [1.82, 2.24) is 0 Å². The monoisotopic (exact) mass is 227 g/mol. The first-order chi connectivity index (χ1) is 7.18. The summed E-state index contributed by atoms with van der Waals surface area (Å²) in [6.45, 7) is 3.20. The van der Waals surface area contributed by atoms with Crippen LogP contribution in [0.4, 0.5) is 10.1 Å². The van der Waals surface area contributed by atoms with Crippen molar-refractivity contribution in [3.8, 4) is 0 Å². The molecule has 0 amide bonds. The summed E-state index contributed by atoms with van der Waals surface area (Å²) in [6, 6.07) is 5.56. The Labute approximate surface area is 94.8 Å². The highest BCUT2D eigenvalue weighted by atomic mass is 35.5. The smallest absolute Gasteiger partial charge is 0.143 e. The molecule has 1 aromatic rings. The van der Waals surface area contributed by atoms with Crippen LogP contribution in [0, 0.1) is 5.82 Å². The third kappa shape index (κ3) is 2.25. The zero-order valence-corrected chi connectivity index (χ0v) is 9.60. The number of rotatable bonds is 1. The van der Waals surface area contributed by atoms with Gasteiger partial charge in [-0.15, -0.1) is 0 Å². The summed E-state index contributed by atoms with van der Waals surface area (Å²) in [7, 11) is 0. The minimum Gasteiger partial charge on any atom is -0.369 e. The molecule has 1 aliphatic heterocycles. The molecule has 1 atom stereocenters. The molecule has 1 aliphatic rings. The quantitative estimate of drug-likeness (QED) is 0.704. The first-order valence-electron chi connectivity index (χ1n) is 5.40. The van der Waals surface area contributed by atoms with Gasteiger partial charge in [-0.25, -0.2) is 4.39 Å². The molecule has 1 heterocycles. The van der Waals surface area contributed by atoms with Gasteiger partial charge in [-0.2, -0.15) is 0 Å². The first kappa shape index (κ1) is 10.7. The van der Waals surface area contributed by atoms with E-state index < -0.39 is 0 Å². The lowest BCUT2D eigenvalue weighted by Crippen LogP contribution is -2.37. The molecule has 1 aromatic carbocycles. The summed E-state index contributed by atoms with van der Waals surface area (Å²) in [5, 5.41) is 0.198. The van der Waals surface area contributed by atoms with Gasteiger partial charge in [-0.05, 0) is 44.4 Å². The minimum atomic E-state index is -0.327. The van der Waals surface area contributed by atoms with E-state index in [0.717, 1.165) is 12.2 Å². The average Bonchev–Trinajstić information content (AvgIpc) is 2.23. The van der Waals surface area contributed by atoms with Crippen molar-refractivity contribution in [2.75, 3.05) is 11.4 Å². The third-order valence-corrected chi connectivity index (χ3v) is 3.34. The van der Waals surface area contributed by atoms with Gasteiger partial charge in [0.2, 0.25) is 0 Å². The Morgan fingerprint density at radius 3 is 2.87 bits per heavy atom. The SMILES string of the molecule is C[C@@H]1CCCCN1c1ccc(Cl)c(F)c1. The number of halogens is 2. The molecule has 1 nitrogen and oxygen atoms in total. The molecule has 0 N–H and O–H groups in total. The second-order valence-corrected chi connectivity index (χ2v) is 4.54. The van der Waals surface area contributed by atoms with Gasteiger partial charge in [0.25, 0.3) is 0 Å². The van der Waals surface area contributed by atoms with Crippen molar-refractivity contribution in [2.45, 2.75) is 32.2 Å². The van der Waals surface area contributed by atoms with Gasteiger partial charge < -0.3 is 4.90 Å². The van der Waals surface area contributed by atoms with Crippen molar-refractivity contribution in [2.24, 2.45) is 0 Å². The maximum atomic E-state index is 13.3. The summed E-state index contributed by atoms with van der Waals surface area (Å²) in [5.41, 5.74) is 0.948. The largest absolute Gasteiger partial charge is 0.369 e. The summed E-state index contributed by atoms with van der Waals surface area (Å²) in [6.07, 6.45) is 3.65. The number of hydrogen-bond acceptors (Lipinski definition) is 1. The van der Waals surface area contributed by atoms with Gasteiger partial charge in [0.15, 0.2) is 0 Å². The zero-order valence-electron chi connectivity index (χ0n) is 8.84. The number of nitrogens with zero attached hydrogens (tertiary/aromatic N) is 1. The molecule has 0 radical (unpaired) electrons. The molecule has 1 fully saturated rings. The molecular weight excluding hydrogens is 213 g/mol. The Morgan fingerprint density at radius 1 is 1.40 bits per heavy atom. The predicted octanol–water partition coefficient (Wildman–Crippen LogP) is 3.86. The highest BCUT2D eigenvalue weighted by Crippen LogP contribution is 2.27. The molecule has 0 aromatic heterocycles. The van der Waals surface area contributed by atoms with Gasteiger partial charge in [-0.3, -0.25) is 0 Å². The molecule has 0 unspecified atom stereocenters. The Kier molecular flexibility index (Phi) is 3.15. The van der Waals surface area contributed by atoms with E-state index in [2.05, 4.69) is 11.8 Å². The highest BCUT2D eigenvalue weighted by molar-refractivity contribution is 6.30. The second kappa shape index (κ2) is 4.40.